The van der Waals surface area contributed by atoms with Gasteiger partial charge in [-0.25, -0.2) is 0 Å². The molecule has 2 aliphatic rings. The summed E-state index contributed by atoms with van der Waals surface area (Å²) in [4.78, 5) is 15.0. The van der Waals surface area contributed by atoms with E-state index in [9.17, 15) is 4.79 Å². The Morgan fingerprint density at radius 3 is 2.67 bits per heavy atom. The molecule has 0 bridgehead atoms. The predicted octanol–water partition coefficient (Wildman–Crippen LogP) is 0.313. The summed E-state index contributed by atoms with van der Waals surface area (Å²) < 4.78 is 0. The Bertz CT molecular complexity index is 195. The lowest BCUT2D eigenvalue weighted by Gasteiger charge is -2.55. The summed E-state index contributed by atoms with van der Waals surface area (Å²) in [7, 11) is 2.14. The first kappa shape index (κ1) is 8.05. The quantitative estimate of drug-likeness (QED) is 0.526. The molecule has 1 unspecified atom stereocenters. The van der Waals surface area contributed by atoms with Crippen LogP contribution in [0.15, 0.2) is 0 Å². The van der Waals surface area contributed by atoms with Gasteiger partial charge in [-0.2, -0.15) is 0 Å². The van der Waals surface area contributed by atoms with Crippen LogP contribution in [-0.4, -0.2) is 48.4 Å². The number of rotatable bonds is 1. The average molecular weight is 168 g/mol. The molecule has 0 aromatic carbocycles. The lowest BCUT2D eigenvalue weighted by atomic mass is 9.78. The van der Waals surface area contributed by atoms with E-state index < -0.39 is 0 Å². The van der Waals surface area contributed by atoms with E-state index in [2.05, 4.69) is 11.9 Å². The Labute approximate surface area is 73.3 Å². The zero-order valence-corrected chi connectivity index (χ0v) is 7.62. The zero-order valence-electron chi connectivity index (χ0n) is 7.62. The third-order valence-corrected chi connectivity index (χ3v) is 3.30. The van der Waals surface area contributed by atoms with E-state index in [1.165, 1.54) is 25.8 Å². The molecule has 68 valence electrons. The van der Waals surface area contributed by atoms with Gasteiger partial charge in [-0.3, -0.25) is 4.79 Å². The van der Waals surface area contributed by atoms with Crippen molar-refractivity contribution in [1.82, 2.24) is 9.80 Å². The highest BCUT2D eigenvalue weighted by Gasteiger charge is 2.45. The van der Waals surface area contributed by atoms with E-state index >= 15 is 0 Å². The minimum Gasteiger partial charge on any atom is -0.338 e. The number of hydrogen-bond acceptors (Lipinski definition) is 2. The van der Waals surface area contributed by atoms with E-state index in [1.807, 2.05) is 4.90 Å². The fourth-order valence-corrected chi connectivity index (χ4v) is 2.50. The molecule has 2 fully saturated rings. The van der Waals surface area contributed by atoms with Crippen molar-refractivity contribution >= 4 is 6.41 Å². The Morgan fingerprint density at radius 1 is 1.33 bits per heavy atom. The van der Waals surface area contributed by atoms with Crippen LogP contribution < -0.4 is 0 Å². The van der Waals surface area contributed by atoms with Crippen molar-refractivity contribution in [2.24, 2.45) is 0 Å². The van der Waals surface area contributed by atoms with Gasteiger partial charge in [0.05, 0.1) is 5.54 Å². The second-order valence-corrected chi connectivity index (χ2v) is 4.11. The van der Waals surface area contributed by atoms with Gasteiger partial charge in [0.2, 0.25) is 6.41 Å². The van der Waals surface area contributed by atoms with E-state index in [4.69, 9.17) is 0 Å². The lowest BCUT2D eigenvalue weighted by molar-refractivity contribution is -0.137. The maximum atomic E-state index is 10.7. The molecule has 2 aliphatic heterocycles. The maximum absolute atomic E-state index is 10.7. The van der Waals surface area contributed by atoms with E-state index in [1.54, 1.807) is 0 Å². The first-order valence-electron chi connectivity index (χ1n) is 4.67. The molecule has 0 aromatic heterocycles. The molecule has 0 N–H and O–H groups in total. The standard InChI is InChI=1S/C9H16N2O/c1-10-5-2-3-9(7-10)4-6-11(9)8-12/h8H,2-7H2,1H3. The fraction of sp³-hybridized carbons (Fsp3) is 0.889. The summed E-state index contributed by atoms with van der Waals surface area (Å²) in [6.07, 6.45) is 4.66. The van der Waals surface area contributed by atoms with Crippen LogP contribution in [0, 0.1) is 0 Å². The van der Waals surface area contributed by atoms with Crippen molar-refractivity contribution < 1.29 is 4.79 Å². The normalized spacial score (nSPS) is 36.6. The molecule has 0 radical (unpaired) electrons. The largest absolute Gasteiger partial charge is 0.338 e. The Balaban J connectivity index is 2.04. The van der Waals surface area contributed by atoms with Crippen molar-refractivity contribution in [2.75, 3.05) is 26.7 Å². The Kier molecular flexibility index (Phi) is 1.83. The predicted molar refractivity (Wildman–Crippen MR) is 46.8 cm³/mol. The van der Waals surface area contributed by atoms with Crippen LogP contribution >= 0.6 is 0 Å². The van der Waals surface area contributed by atoms with Crippen molar-refractivity contribution in [3.05, 3.63) is 0 Å². The second-order valence-electron chi connectivity index (χ2n) is 4.11. The molecule has 0 aromatic rings. The van der Waals surface area contributed by atoms with Gasteiger partial charge in [0.25, 0.3) is 0 Å². The molecular weight excluding hydrogens is 152 g/mol. The van der Waals surface area contributed by atoms with Crippen LogP contribution in [0.2, 0.25) is 0 Å². The van der Waals surface area contributed by atoms with Crippen molar-refractivity contribution in [3.8, 4) is 0 Å². The van der Waals surface area contributed by atoms with Gasteiger partial charge in [-0.1, -0.05) is 0 Å². The van der Waals surface area contributed by atoms with E-state index in [-0.39, 0.29) is 5.54 Å². The first-order valence-corrected chi connectivity index (χ1v) is 4.67. The van der Waals surface area contributed by atoms with Gasteiger partial charge in [0.1, 0.15) is 0 Å². The molecule has 1 amide bonds. The number of likely N-dealkylation sites (tertiary alicyclic amines) is 2. The third-order valence-electron chi connectivity index (χ3n) is 3.30. The highest BCUT2D eigenvalue weighted by Crippen LogP contribution is 2.36. The van der Waals surface area contributed by atoms with Crippen molar-refractivity contribution in [3.63, 3.8) is 0 Å². The molecule has 0 saturated carbocycles. The van der Waals surface area contributed by atoms with Gasteiger partial charge in [-0.05, 0) is 32.9 Å². The molecule has 2 rings (SSSR count). The number of carbonyl (C=O) groups excluding carboxylic acids is 1. The van der Waals surface area contributed by atoms with E-state index in [0.29, 0.717) is 0 Å². The number of carbonyl (C=O) groups is 1. The van der Waals surface area contributed by atoms with Crippen molar-refractivity contribution in [2.45, 2.75) is 24.8 Å². The number of hydrogen-bond donors (Lipinski definition) is 0. The molecule has 1 atom stereocenters. The highest BCUT2D eigenvalue weighted by molar-refractivity contribution is 5.51. The maximum Gasteiger partial charge on any atom is 0.210 e. The summed E-state index contributed by atoms with van der Waals surface area (Å²) in [5, 5.41) is 0. The van der Waals surface area contributed by atoms with Crippen LogP contribution in [0.25, 0.3) is 0 Å². The molecular formula is C9H16N2O. The molecule has 3 heteroatoms. The highest BCUT2D eigenvalue weighted by atomic mass is 16.1. The number of likely N-dealkylation sites (N-methyl/N-ethyl adjacent to an activating group) is 1. The minimum atomic E-state index is 0.231. The van der Waals surface area contributed by atoms with Crippen LogP contribution in [0.5, 0.6) is 0 Å². The summed E-state index contributed by atoms with van der Waals surface area (Å²) in [5.74, 6) is 0. The van der Waals surface area contributed by atoms with Crippen LogP contribution in [0.1, 0.15) is 19.3 Å². The molecule has 3 nitrogen and oxygen atoms in total. The van der Waals surface area contributed by atoms with Gasteiger partial charge >= 0.3 is 0 Å². The molecule has 0 aliphatic carbocycles. The molecule has 12 heavy (non-hydrogen) atoms. The van der Waals surface area contributed by atoms with Crippen LogP contribution in [0.4, 0.5) is 0 Å². The fourth-order valence-electron chi connectivity index (χ4n) is 2.50. The molecule has 1 spiro atoms. The summed E-state index contributed by atoms with van der Waals surface area (Å²) >= 11 is 0. The van der Waals surface area contributed by atoms with E-state index in [0.717, 1.165) is 19.5 Å². The lowest BCUT2D eigenvalue weighted by Crippen LogP contribution is -2.65. The number of piperidine rings is 1. The topological polar surface area (TPSA) is 23.6 Å². The Morgan fingerprint density at radius 2 is 2.17 bits per heavy atom. The third kappa shape index (κ3) is 1.04. The van der Waals surface area contributed by atoms with Crippen LogP contribution in [-0.2, 0) is 4.79 Å². The Hall–Kier alpha value is -0.570. The van der Waals surface area contributed by atoms with Crippen LogP contribution in [0.3, 0.4) is 0 Å². The summed E-state index contributed by atoms with van der Waals surface area (Å²) in [6.45, 7) is 3.23. The molecule has 2 saturated heterocycles. The van der Waals surface area contributed by atoms with Gasteiger partial charge in [0, 0.05) is 13.1 Å². The average Bonchev–Trinajstić information content (AvgIpc) is 2.03. The zero-order chi connectivity index (χ0) is 8.60. The summed E-state index contributed by atoms with van der Waals surface area (Å²) in [6, 6.07) is 0. The monoisotopic (exact) mass is 168 g/mol. The molecule has 2 heterocycles. The summed E-state index contributed by atoms with van der Waals surface area (Å²) in [5.41, 5.74) is 0.231. The first-order chi connectivity index (χ1) is 5.77. The number of nitrogens with zero attached hydrogens (tertiary/aromatic N) is 2. The van der Waals surface area contributed by atoms with Gasteiger partial charge < -0.3 is 9.80 Å². The number of amides is 1. The SMILES string of the molecule is CN1CCCC2(CCN2C=O)C1. The minimum absolute atomic E-state index is 0.231. The smallest absolute Gasteiger partial charge is 0.210 e. The van der Waals surface area contributed by atoms with Gasteiger partial charge in [-0.15, -0.1) is 0 Å². The second kappa shape index (κ2) is 2.73. The van der Waals surface area contributed by atoms with Gasteiger partial charge in [0.15, 0.2) is 0 Å². The van der Waals surface area contributed by atoms with Crippen molar-refractivity contribution in [1.29, 1.82) is 0 Å².